The average molecular weight is 399 g/mol. The topological polar surface area (TPSA) is 35.6 Å². The van der Waals surface area contributed by atoms with Crippen molar-refractivity contribution in [2.45, 2.75) is 12.7 Å². The number of halogens is 5. The van der Waals surface area contributed by atoms with Crippen LogP contribution < -0.4 is 10.2 Å². The van der Waals surface area contributed by atoms with E-state index in [0.717, 1.165) is 30.3 Å². The molecule has 0 saturated carbocycles. The van der Waals surface area contributed by atoms with Crippen molar-refractivity contribution in [2.75, 3.05) is 31.1 Å². The highest BCUT2D eigenvalue weighted by atomic mass is 19.4. The number of carbonyl (C=O) groups is 1. The van der Waals surface area contributed by atoms with Gasteiger partial charge in [-0.15, -0.1) is 0 Å². The molecule has 1 N–H and O–H groups in total. The van der Waals surface area contributed by atoms with Gasteiger partial charge in [-0.1, -0.05) is 6.07 Å². The van der Waals surface area contributed by atoms with Crippen LogP contribution in [0.2, 0.25) is 0 Å². The number of nitrogens with zero attached hydrogens (tertiary/aromatic N) is 2. The number of anilines is 1. The van der Waals surface area contributed by atoms with Crippen molar-refractivity contribution in [3.05, 3.63) is 65.2 Å². The zero-order valence-electron chi connectivity index (χ0n) is 14.8. The number of hydrogen-bond donors (Lipinski definition) is 1. The number of piperazine rings is 1. The summed E-state index contributed by atoms with van der Waals surface area (Å²) in [4.78, 5) is 15.5. The standard InChI is InChI=1S/C19H18F5N3O/c20-15-4-5-17(21)13(10-15)12-25-18(28)27-8-6-26(7-9-27)16-3-1-2-14(11-16)19(22,23)24/h1-5,10-11H,6-9,12H2,(H,25,28). The lowest BCUT2D eigenvalue weighted by molar-refractivity contribution is -0.137. The first-order valence-electron chi connectivity index (χ1n) is 8.63. The maximum absolute atomic E-state index is 13.6. The molecular formula is C19H18F5N3O. The molecule has 3 rings (SSSR count). The second kappa shape index (κ2) is 8.04. The number of benzene rings is 2. The molecule has 0 spiro atoms. The Balaban J connectivity index is 1.55. The Hall–Kier alpha value is -2.84. The molecule has 0 radical (unpaired) electrons. The van der Waals surface area contributed by atoms with Gasteiger partial charge in [0.25, 0.3) is 0 Å². The predicted octanol–water partition coefficient (Wildman–Crippen LogP) is 4.02. The predicted molar refractivity (Wildman–Crippen MR) is 93.8 cm³/mol. The third-order valence-electron chi connectivity index (χ3n) is 4.54. The molecule has 0 bridgehead atoms. The number of nitrogens with one attached hydrogen (secondary N) is 1. The van der Waals surface area contributed by atoms with Crippen molar-refractivity contribution in [3.63, 3.8) is 0 Å². The lowest BCUT2D eigenvalue weighted by Crippen LogP contribution is -2.51. The van der Waals surface area contributed by atoms with Gasteiger partial charge < -0.3 is 15.1 Å². The van der Waals surface area contributed by atoms with Gasteiger partial charge >= 0.3 is 12.2 Å². The van der Waals surface area contributed by atoms with Gasteiger partial charge in [-0.05, 0) is 36.4 Å². The lowest BCUT2D eigenvalue weighted by Gasteiger charge is -2.36. The summed E-state index contributed by atoms with van der Waals surface area (Å²) in [6.07, 6.45) is -4.41. The van der Waals surface area contributed by atoms with E-state index in [-0.39, 0.29) is 12.1 Å². The summed E-state index contributed by atoms with van der Waals surface area (Å²) in [6, 6.07) is 7.61. The normalized spacial score (nSPS) is 14.9. The van der Waals surface area contributed by atoms with Crippen LogP contribution in [0.5, 0.6) is 0 Å². The van der Waals surface area contributed by atoms with E-state index in [1.54, 1.807) is 11.0 Å². The fraction of sp³-hybridized carbons (Fsp3) is 0.316. The summed E-state index contributed by atoms with van der Waals surface area (Å²) in [5, 5.41) is 2.53. The van der Waals surface area contributed by atoms with E-state index in [4.69, 9.17) is 0 Å². The van der Waals surface area contributed by atoms with E-state index in [1.807, 2.05) is 0 Å². The van der Waals surface area contributed by atoms with Crippen molar-refractivity contribution < 1.29 is 26.7 Å². The maximum Gasteiger partial charge on any atom is 0.416 e. The lowest BCUT2D eigenvalue weighted by atomic mass is 10.1. The SMILES string of the molecule is O=C(NCc1cc(F)ccc1F)N1CCN(c2cccc(C(F)(F)F)c2)CC1. The third-order valence-corrected chi connectivity index (χ3v) is 4.54. The molecule has 0 atom stereocenters. The third kappa shape index (κ3) is 4.71. The van der Waals surface area contributed by atoms with E-state index in [2.05, 4.69) is 5.32 Å². The molecule has 0 aliphatic carbocycles. The van der Waals surface area contributed by atoms with Crippen LogP contribution in [-0.2, 0) is 12.7 Å². The molecule has 2 aromatic carbocycles. The summed E-state index contributed by atoms with van der Waals surface area (Å²) in [7, 11) is 0. The summed E-state index contributed by atoms with van der Waals surface area (Å²) in [6.45, 7) is 1.17. The molecule has 1 fully saturated rings. The Kier molecular flexibility index (Phi) is 5.71. The van der Waals surface area contributed by atoms with Gasteiger partial charge in [0.15, 0.2) is 0 Å². The Bertz CT molecular complexity index is 848. The van der Waals surface area contributed by atoms with Crippen molar-refractivity contribution in [1.29, 1.82) is 0 Å². The number of carbonyl (C=O) groups excluding carboxylic acids is 1. The zero-order chi connectivity index (χ0) is 20.3. The quantitative estimate of drug-likeness (QED) is 0.792. The van der Waals surface area contributed by atoms with Crippen LogP contribution in [0.25, 0.3) is 0 Å². The summed E-state index contributed by atoms with van der Waals surface area (Å²) >= 11 is 0. The van der Waals surface area contributed by atoms with E-state index >= 15 is 0 Å². The first-order chi connectivity index (χ1) is 13.2. The van der Waals surface area contributed by atoms with E-state index in [0.29, 0.717) is 31.9 Å². The number of urea groups is 1. The summed E-state index contributed by atoms with van der Waals surface area (Å²) < 4.78 is 65.3. The second-order valence-corrected chi connectivity index (χ2v) is 6.42. The van der Waals surface area contributed by atoms with Gasteiger partial charge in [0.2, 0.25) is 0 Å². The molecule has 1 aliphatic rings. The Morgan fingerprint density at radius 1 is 1.00 bits per heavy atom. The summed E-state index contributed by atoms with van der Waals surface area (Å²) in [5.41, 5.74) is -0.241. The van der Waals surface area contributed by atoms with E-state index in [1.165, 1.54) is 11.0 Å². The Morgan fingerprint density at radius 3 is 2.39 bits per heavy atom. The monoisotopic (exact) mass is 399 g/mol. The van der Waals surface area contributed by atoms with Crippen molar-refractivity contribution in [2.24, 2.45) is 0 Å². The molecule has 1 heterocycles. The molecule has 2 aromatic rings. The first kappa shape index (κ1) is 19.9. The minimum absolute atomic E-state index is 0.0379. The molecule has 0 aromatic heterocycles. The summed E-state index contributed by atoms with van der Waals surface area (Å²) in [5.74, 6) is -1.21. The molecule has 2 amide bonds. The number of amides is 2. The van der Waals surface area contributed by atoms with Gasteiger partial charge in [0.1, 0.15) is 11.6 Å². The van der Waals surface area contributed by atoms with Crippen LogP contribution in [0.4, 0.5) is 32.4 Å². The van der Waals surface area contributed by atoms with Crippen molar-refractivity contribution in [3.8, 4) is 0 Å². The van der Waals surface area contributed by atoms with Crippen LogP contribution >= 0.6 is 0 Å². The van der Waals surface area contributed by atoms with E-state index < -0.39 is 29.4 Å². The van der Waals surface area contributed by atoms with Gasteiger partial charge in [0.05, 0.1) is 5.56 Å². The van der Waals surface area contributed by atoms with Gasteiger partial charge in [-0.3, -0.25) is 0 Å². The molecule has 150 valence electrons. The minimum Gasteiger partial charge on any atom is -0.368 e. The highest BCUT2D eigenvalue weighted by Gasteiger charge is 2.31. The molecular weight excluding hydrogens is 381 g/mol. The zero-order valence-corrected chi connectivity index (χ0v) is 14.8. The number of hydrogen-bond acceptors (Lipinski definition) is 2. The second-order valence-electron chi connectivity index (χ2n) is 6.42. The van der Waals surface area contributed by atoms with Gasteiger partial charge in [-0.2, -0.15) is 13.2 Å². The fourth-order valence-electron chi connectivity index (χ4n) is 3.01. The van der Waals surface area contributed by atoms with Crippen molar-refractivity contribution >= 4 is 11.7 Å². The molecule has 0 unspecified atom stereocenters. The van der Waals surface area contributed by atoms with Gasteiger partial charge in [0, 0.05) is 44.0 Å². The minimum atomic E-state index is -4.41. The Labute approximate surface area is 158 Å². The molecule has 1 saturated heterocycles. The molecule has 28 heavy (non-hydrogen) atoms. The average Bonchev–Trinajstić information content (AvgIpc) is 2.68. The maximum atomic E-state index is 13.6. The highest BCUT2D eigenvalue weighted by molar-refractivity contribution is 5.74. The first-order valence-corrected chi connectivity index (χ1v) is 8.63. The smallest absolute Gasteiger partial charge is 0.368 e. The van der Waals surface area contributed by atoms with Crippen LogP contribution in [0.1, 0.15) is 11.1 Å². The number of rotatable bonds is 3. The molecule has 1 aliphatic heterocycles. The number of alkyl halides is 3. The van der Waals surface area contributed by atoms with Crippen LogP contribution in [0.3, 0.4) is 0 Å². The molecule has 9 heteroatoms. The Morgan fingerprint density at radius 2 is 1.71 bits per heavy atom. The van der Waals surface area contributed by atoms with Crippen LogP contribution in [-0.4, -0.2) is 37.1 Å². The molecule has 4 nitrogen and oxygen atoms in total. The fourth-order valence-corrected chi connectivity index (χ4v) is 3.01. The van der Waals surface area contributed by atoms with E-state index in [9.17, 15) is 26.7 Å². The van der Waals surface area contributed by atoms with Crippen molar-refractivity contribution in [1.82, 2.24) is 10.2 Å². The van der Waals surface area contributed by atoms with Crippen LogP contribution in [0, 0.1) is 11.6 Å². The van der Waals surface area contributed by atoms with Crippen LogP contribution in [0.15, 0.2) is 42.5 Å². The van der Waals surface area contributed by atoms with Gasteiger partial charge in [-0.25, -0.2) is 13.6 Å². The highest BCUT2D eigenvalue weighted by Crippen LogP contribution is 2.31. The largest absolute Gasteiger partial charge is 0.416 e.